The number of ether oxygens (including phenoxy) is 2. The predicted molar refractivity (Wildman–Crippen MR) is 182 cm³/mol. The maximum Gasteiger partial charge on any atom is 0.349 e. The van der Waals surface area contributed by atoms with Crippen LogP contribution in [0.15, 0.2) is 76.8 Å². The third-order valence-corrected chi connectivity index (χ3v) is 8.46. The molecule has 10 heteroatoms. The highest BCUT2D eigenvalue weighted by Gasteiger charge is 2.39. The topological polar surface area (TPSA) is 93.2 Å². The SMILES string of the molecule is CCN(CC)C(=O)C(C)Oc1cccc2ccccc12.CCOC(=O)/C(Cl)=C/c1cc(N2C(=O)C3=C(CCCC3)C2=O)ccc1Cl. The van der Waals surface area contributed by atoms with Crippen LogP contribution in [0.5, 0.6) is 5.75 Å². The van der Waals surface area contributed by atoms with Gasteiger partial charge in [0.2, 0.25) is 0 Å². The average molecular weight is 666 g/mol. The van der Waals surface area contributed by atoms with Crippen LogP contribution < -0.4 is 9.64 Å². The van der Waals surface area contributed by atoms with Crippen LogP contribution in [0.25, 0.3) is 16.8 Å². The molecule has 242 valence electrons. The first-order chi connectivity index (χ1) is 22.1. The van der Waals surface area contributed by atoms with Gasteiger partial charge < -0.3 is 14.4 Å². The molecule has 0 spiro atoms. The van der Waals surface area contributed by atoms with Crippen molar-refractivity contribution < 1.29 is 28.7 Å². The summed E-state index contributed by atoms with van der Waals surface area (Å²) in [6, 6.07) is 18.7. The summed E-state index contributed by atoms with van der Waals surface area (Å²) in [5.74, 6) is -0.433. The molecule has 0 N–H and O–H groups in total. The highest BCUT2D eigenvalue weighted by Crippen LogP contribution is 2.37. The van der Waals surface area contributed by atoms with Crippen molar-refractivity contribution in [2.75, 3.05) is 24.6 Å². The van der Waals surface area contributed by atoms with E-state index in [1.807, 2.05) is 63.2 Å². The Labute approximate surface area is 279 Å². The van der Waals surface area contributed by atoms with E-state index < -0.39 is 12.1 Å². The fraction of sp³-hybridized carbons (Fsp3) is 0.333. The van der Waals surface area contributed by atoms with E-state index in [0.717, 1.165) is 29.4 Å². The van der Waals surface area contributed by atoms with Crippen LogP contribution in [0.2, 0.25) is 5.02 Å². The van der Waals surface area contributed by atoms with Crippen LogP contribution in [0.4, 0.5) is 5.69 Å². The molecule has 0 fully saturated rings. The molecular formula is C36H38Cl2N2O6. The number of likely N-dealkylation sites (N-methyl/N-ethyl adjacent to an activating group) is 1. The fourth-order valence-corrected chi connectivity index (χ4v) is 5.83. The third-order valence-electron chi connectivity index (χ3n) is 7.86. The Kier molecular flexibility index (Phi) is 12.0. The molecule has 0 radical (unpaired) electrons. The number of carbonyl (C=O) groups is 4. The van der Waals surface area contributed by atoms with Gasteiger partial charge in [-0.1, -0.05) is 59.6 Å². The normalized spacial score (nSPS) is 15.3. The number of anilines is 1. The smallest absolute Gasteiger partial charge is 0.349 e. The zero-order valence-corrected chi connectivity index (χ0v) is 28.0. The fourth-order valence-electron chi connectivity index (χ4n) is 5.48. The molecule has 0 bridgehead atoms. The number of carbonyl (C=O) groups excluding carboxylic acids is 4. The lowest BCUT2D eigenvalue weighted by Gasteiger charge is -2.23. The average Bonchev–Trinajstić information content (AvgIpc) is 3.32. The van der Waals surface area contributed by atoms with Crippen LogP contribution in [-0.2, 0) is 23.9 Å². The first-order valence-electron chi connectivity index (χ1n) is 15.5. The second kappa shape index (κ2) is 15.9. The minimum Gasteiger partial charge on any atom is -0.480 e. The molecule has 0 saturated heterocycles. The molecule has 3 amide bonds. The van der Waals surface area contributed by atoms with Crippen LogP contribution >= 0.6 is 23.2 Å². The summed E-state index contributed by atoms with van der Waals surface area (Å²) in [6.07, 6.45) is 3.98. The Hall–Kier alpha value is -4.14. The van der Waals surface area contributed by atoms with E-state index in [9.17, 15) is 19.2 Å². The molecule has 1 aliphatic carbocycles. The number of imide groups is 1. The van der Waals surface area contributed by atoms with E-state index in [4.69, 9.17) is 32.7 Å². The van der Waals surface area contributed by atoms with Crippen molar-refractivity contribution in [2.45, 2.75) is 59.5 Å². The maximum absolute atomic E-state index is 12.7. The van der Waals surface area contributed by atoms with E-state index in [-0.39, 0.29) is 29.4 Å². The number of fused-ring (bicyclic) bond motifs is 1. The minimum atomic E-state index is -0.666. The summed E-state index contributed by atoms with van der Waals surface area (Å²) in [6.45, 7) is 9.05. The summed E-state index contributed by atoms with van der Waals surface area (Å²) in [4.78, 5) is 52.2. The van der Waals surface area contributed by atoms with E-state index in [2.05, 4.69) is 0 Å². The van der Waals surface area contributed by atoms with Crippen LogP contribution in [0.3, 0.4) is 0 Å². The molecule has 1 atom stereocenters. The van der Waals surface area contributed by atoms with Crippen molar-refractivity contribution in [2.24, 2.45) is 0 Å². The molecule has 1 aliphatic heterocycles. The number of rotatable bonds is 9. The number of hydrogen-bond donors (Lipinski definition) is 0. The number of hydrogen-bond acceptors (Lipinski definition) is 6. The highest BCUT2D eigenvalue weighted by molar-refractivity contribution is 6.43. The lowest BCUT2D eigenvalue weighted by atomic mass is 9.93. The second-order valence-electron chi connectivity index (χ2n) is 10.8. The van der Waals surface area contributed by atoms with Gasteiger partial charge in [-0.3, -0.25) is 14.4 Å². The quantitative estimate of drug-likeness (QED) is 0.132. The van der Waals surface area contributed by atoms with Gasteiger partial charge in [-0.05, 0) is 94.7 Å². The number of nitrogens with zero attached hydrogens (tertiary/aromatic N) is 2. The lowest BCUT2D eigenvalue weighted by molar-refractivity contribution is -0.138. The summed E-state index contributed by atoms with van der Waals surface area (Å²) >= 11 is 12.1. The molecule has 1 unspecified atom stereocenters. The zero-order chi connectivity index (χ0) is 33.4. The van der Waals surface area contributed by atoms with E-state index in [1.54, 1.807) is 30.0 Å². The van der Waals surface area contributed by atoms with Gasteiger partial charge in [-0.2, -0.15) is 0 Å². The van der Waals surface area contributed by atoms with Crippen LogP contribution in [0, 0.1) is 0 Å². The highest BCUT2D eigenvalue weighted by atomic mass is 35.5. The predicted octanol–water partition coefficient (Wildman–Crippen LogP) is 7.70. The summed E-state index contributed by atoms with van der Waals surface area (Å²) in [5.41, 5.74) is 2.04. The van der Waals surface area contributed by atoms with Gasteiger partial charge in [-0.25, -0.2) is 9.69 Å². The van der Waals surface area contributed by atoms with Gasteiger partial charge in [0.05, 0.1) is 12.3 Å². The number of amides is 3. The van der Waals surface area contributed by atoms with Crippen molar-refractivity contribution >= 4 is 69.4 Å². The first-order valence-corrected chi connectivity index (χ1v) is 16.2. The van der Waals surface area contributed by atoms with Crippen LogP contribution in [0.1, 0.15) is 58.9 Å². The van der Waals surface area contributed by atoms with E-state index >= 15 is 0 Å². The van der Waals surface area contributed by atoms with Crippen LogP contribution in [-0.4, -0.2) is 54.4 Å². The number of esters is 1. The molecule has 0 saturated carbocycles. The molecule has 8 nitrogen and oxygen atoms in total. The van der Waals surface area contributed by atoms with Gasteiger partial charge in [0.15, 0.2) is 6.10 Å². The Morgan fingerprint density at radius 2 is 1.57 bits per heavy atom. The van der Waals surface area contributed by atoms with Crippen molar-refractivity contribution in [1.82, 2.24) is 4.90 Å². The lowest BCUT2D eigenvalue weighted by Crippen LogP contribution is -2.40. The Bertz CT molecular complexity index is 1660. The van der Waals surface area contributed by atoms with Crippen molar-refractivity contribution in [3.05, 3.63) is 87.4 Å². The van der Waals surface area contributed by atoms with E-state index in [1.165, 1.54) is 11.0 Å². The zero-order valence-electron chi connectivity index (χ0n) is 26.5. The van der Waals surface area contributed by atoms with Gasteiger partial charge in [0.25, 0.3) is 17.7 Å². The number of benzene rings is 3. The summed E-state index contributed by atoms with van der Waals surface area (Å²) < 4.78 is 10.7. The van der Waals surface area contributed by atoms with E-state index in [0.29, 0.717) is 53.4 Å². The molecule has 0 aromatic heterocycles. The molecular weight excluding hydrogens is 627 g/mol. The largest absolute Gasteiger partial charge is 0.480 e. The van der Waals surface area contributed by atoms with Gasteiger partial charge in [0, 0.05) is 34.6 Å². The molecule has 1 heterocycles. The van der Waals surface area contributed by atoms with Gasteiger partial charge >= 0.3 is 5.97 Å². The standard InChI is InChI=1S/C19H17Cl2NO4.C17H21NO2/c1-2-26-19(25)16(21)10-11-9-12(7-8-15(11)20)22-17(23)13-5-3-4-6-14(13)18(22)24;1-4-18(5-2)17(19)13(3)20-16-12-8-10-14-9-6-7-11-15(14)16/h7-10H,2-6H2,1H3;6-13H,4-5H2,1-3H3/b16-10-;. The number of halogens is 2. The molecule has 46 heavy (non-hydrogen) atoms. The monoisotopic (exact) mass is 664 g/mol. The van der Waals surface area contributed by atoms with Crippen molar-refractivity contribution in [1.29, 1.82) is 0 Å². The first kappa shape index (κ1) is 34.7. The molecule has 2 aliphatic rings. The van der Waals surface area contributed by atoms with Crippen molar-refractivity contribution in [3.8, 4) is 5.75 Å². The molecule has 5 rings (SSSR count). The van der Waals surface area contributed by atoms with Gasteiger partial charge in [-0.15, -0.1) is 0 Å². The summed E-state index contributed by atoms with van der Waals surface area (Å²) in [5, 5.41) is 2.36. The third kappa shape index (κ3) is 7.80. The van der Waals surface area contributed by atoms with Gasteiger partial charge in [0.1, 0.15) is 10.8 Å². The second-order valence-corrected chi connectivity index (χ2v) is 11.6. The maximum atomic E-state index is 12.7. The minimum absolute atomic E-state index is 0.0305. The van der Waals surface area contributed by atoms with Crippen molar-refractivity contribution in [3.63, 3.8) is 0 Å². The molecule has 3 aromatic carbocycles. The Morgan fingerprint density at radius 3 is 2.20 bits per heavy atom. The summed E-state index contributed by atoms with van der Waals surface area (Å²) in [7, 11) is 0. The Balaban J connectivity index is 0.000000216. The Morgan fingerprint density at radius 1 is 0.935 bits per heavy atom. The molecule has 3 aromatic rings.